The summed E-state index contributed by atoms with van der Waals surface area (Å²) >= 11 is 1.79. The zero-order valence-electron chi connectivity index (χ0n) is 8.18. The molecule has 0 atom stereocenters. The molecular weight excluding hydrogens is 200 g/mol. The van der Waals surface area contributed by atoms with Gasteiger partial charge in [-0.1, -0.05) is 60.3 Å². The molecule has 1 heteroatoms. The van der Waals surface area contributed by atoms with Gasteiger partial charge in [0.05, 0.1) is 0 Å². The van der Waals surface area contributed by atoms with Gasteiger partial charge >= 0.3 is 0 Å². The molecule has 1 aliphatic heterocycles. The van der Waals surface area contributed by atoms with Crippen molar-refractivity contribution in [1.29, 1.82) is 0 Å². The molecule has 1 heterocycles. The average molecular weight is 210 g/mol. The van der Waals surface area contributed by atoms with E-state index < -0.39 is 0 Å². The third-order valence-corrected chi connectivity index (χ3v) is 3.46. The molecule has 0 aromatic heterocycles. The van der Waals surface area contributed by atoms with Crippen LogP contribution in [-0.4, -0.2) is 0 Å². The van der Waals surface area contributed by atoms with E-state index in [1.165, 1.54) is 21.6 Å². The number of allylic oxidation sites excluding steroid dienone is 4. The normalized spacial score (nSPS) is 17.3. The lowest BCUT2D eigenvalue weighted by molar-refractivity contribution is 1.62. The van der Waals surface area contributed by atoms with E-state index >= 15 is 0 Å². The zero-order chi connectivity index (χ0) is 10.1. The number of fused-ring (bicyclic) bond motifs is 2. The Balaban J connectivity index is 2.20. The summed E-state index contributed by atoms with van der Waals surface area (Å²) in [6.07, 6.45) is 10.9. The number of benzene rings is 1. The largest absolute Gasteiger partial charge is 0.0974 e. The van der Waals surface area contributed by atoms with Gasteiger partial charge in [0.2, 0.25) is 0 Å². The molecule has 2 aliphatic rings. The van der Waals surface area contributed by atoms with Crippen LogP contribution in [-0.2, 0) is 0 Å². The Hall–Kier alpha value is -1.47. The molecule has 1 aliphatic carbocycles. The van der Waals surface area contributed by atoms with E-state index in [0.717, 1.165) is 0 Å². The van der Waals surface area contributed by atoms with Gasteiger partial charge < -0.3 is 0 Å². The highest BCUT2D eigenvalue weighted by Gasteiger charge is 2.09. The van der Waals surface area contributed by atoms with Crippen molar-refractivity contribution in [3.63, 3.8) is 0 Å². The number of hydrogen-bond donors (Lipinski definition) is 0. The Morgan fingerprint density at radius 1 is 0.933 bits per heavy atom. The summed E-state index contributed by atoms with van der Waals surface area (Å²) < 4.78 is 0. The van der Waals surface area contributed by atoms with Crippen molar-refractivity contribution in [2.24, 2.45) is 0 Å². The quantitative estimate of drug-likeness (QED) is 0.617. The van der Waals surface area contributed by atoms with Gasteiger partial charge in [-0.2, -0.15) is 0 Å². The fourth-order valence-corrected chi connectivity index (χ4v) is 2.55. The first-order valence-corrected chi connectivity index (χ1v) is 5.84. The van der Waals surface area contributed by atoms with Gasteiger partial charge in [-0.25, -0.2) is 0 Å². The second kappa shape index (κ2) is 3.59. The summed E-state index contributed by atoms with van der Waals surface area (Å²) in [5.41, 5.74) is 3.90. The summed E-state index contributed by atoms with van der Waals surface area (Å²) in [6, 6.07) is 8.48. The van der Waals surface area contributed by atoms with E-state index in [9.17, 15) is 0 Å². The standard InChI is InChI=1S/C14H10S/c1-2-5-13-10-14-12(6-3-9-15-14)8-7-11(13)4-1/h1-10H. The molecule has 0 N–H and O–H groups in total. The highest BCUT2D eigenvalue weighted by atomic mass is 32.2. The highest BCUT2D eigenvalue weighted by molar-refractivity contribution is 8.06. The summed E-state index contributed by atoms with van der Waals surface area (Å²) in [7, 11) is 0. The SMILES string of the molecule is C1=CSC2=Cc3ccccc3C=CC2=C1. The molecule has 0 nitrogen and oxygen atoms in total. The van der Waals surface area contributed by atoms with Gasteiger partial charge in [-0.05, 0) is 28.2 Å². The summed E-state index contributed by atoms with van der Waals surface area (Å²) in [4.78, 5) is 1.33. The smallest absolute Gasteiger partial charge is 0.0194 e. The number of rotatable bonds is 0. The summed E-state index contributed by atoms with van der Waals surface area (Å²) in [5, 5.41) is 2.12. The molecule has 0 saturated carbocycles. The first-order chi connectivity index (χ1) is 7.43. The van der Waals surface area contributed by atoms with Gasteiger partial charge in [0.25, 0.3) is 0 Å². The van der Waals surface area contributed by atoms with Crippen molar-refractivity contribution in [1.82, 2.24) is 0 Å². The summed E-state index contributed by atoms with van der Waals surface area (Å²) in [6.45, 7) is 0. The van der Waals surface area contributed by atoms with Crippen molar-refractivity contribution in [3.8, 4) is 0 Å². The van der Waals surface area contributed by atoms with Gasteiger partial charge in [-0.15, -0.1) is 0 Å². The maximum atomic E-state index is 2.26. The van der Waals surface area contributed by atoms with Crippen LogP contribution in [0.1, 0.15) is 11.1 Å². The predicted octanol–water partition coefficient (Wildman–Crippen LogP) is 4.24. The molecule has 72 valence electrons. The van der Waals surface area contributed by atoms with Gasteiger partial charge in [0, 0.05) is 4.91 Å². The van der Waals surface area contributed by atoms with Crippen LogP contribution < -0.4 is 0 Å². The minimum atomic E-state index is 1.29. The van der Waals surface area contributed by atoms with Crippen LogP contribution >= 0.6 is 11.8 Å². The van der Waals surface area contributed by atoms with Gasteiger partial charge in [0.1, 0.15) is 0 Å². The Morgan fingerprint density at radius 2 is 1.80 bits per heavy atom. The minimum Gasteiger partial charge on any atom is -0.0974 e. The van der Waals surface area contributed by atoms with Crippen LogP contribution in [0.5, 0.6) is 0 Å². The molecule has 0 radical (unpaired) electrons. The van der Waals surface area contributed by atoms with Crippen molar-refractivity contribution < 1.29 is 0 Å². The third-order valence-electron chi connectivity index (χ3n) is 2.56. The highest BCUT2D eigenvalue weighted by Crippen LogP contribution is 2.35. The van der Waals surface area contributed by atoms with Crippen LogP contribution in [0.3, 0.4) is 0 Å². The van der Waals surface area contributed by atoms with E-state index in [0.29, 0.717) is 0 Å². The Labute approximate surface area is 93.7 Å². The molecule has 0 unspecified atom stereocenters. The lowest BCUT2D eigenvalue weighted by Gasteiger charge is -2.07. The van der Waals surface area contributed by atoms with Gasteiger partial charge in [-0.3, -0.25) is 0 Å². The molecule has 0 saturated heterocycles. The van der Waals surface area contributed by atoms with E-state index in [1.54, 1.807) is 11.8 Å². The molecule has 0 amide bonds. The molecule has 3 rings (SSSR count). The van der Waals surface area contributed by atoms with E-state index in [1.807, 2.05) is 0 Å². The molecule has 0 spiro atoms. The second-order valence-electron chi connectivity index (χ2n) is 3.54. The van der Waals surface area contributed by atoms with Gasteiger partial charge in [0.15, 0.2) is 0 Å². The first-order valence-electron chi connectivity index (χ1n) is 4.96. The van der Waals surface area contributed by atoms with E-state index in [-0.39, 0.29) is 0 Å². The molecule has 0 fully saturated rings. The van der Waals surface area contributed by atoms with Crippen LogP contribution in [0.15, 0.2) is 58.4 Å². The van der Waals surface area contributed by atoms with Crippen molar-refractivity contribution in [2.75, 3.05) is 0 Å². The van der Waals surface area contributed by atoms with Crippen LogP contribution in [0.4, 0.5) is 0 Å². The Morgan fingerprint density at radius 3 is 2.73 bits per heavy atom. The van der Waals surface area contributed by atoms with Crippen molar-refractivity contribution in [2.45, 2.75) is 0 Å². The average Bonchev–Trinajstić information content (AvgIpc) is 2.48. The fourth-order valence-electron chi connectivity index (χ4n) is 1.78. The fraction of sp³-hybridized carbons (Fsp3) is 0. The van der Waals surface area contributed by atoms with Crippen molar-refractivity contribution >= 4 is 23.9 Å². The maximum absolute atomic E-state index is 2.26. The Kier molecular flexibility index (Phi) is 2.11. The lowest BCUT2D eigenvalue weighted by atomic mass is 10.1. The predicted molar refractivity (Wildman–Crippen MR) is 68.3 cm³/mol. The third kappa shape index (κ3) is 1.59. The number of hydrogen-bond acceptors (Lipinski definition) is 1. The zero-order valence-corrected chi connectivity index (χ0v) is 9.00. The van der Waals surface area contributed by atoms with Crippen LogP contribution in [0, 0.1) is 0 Å². The molecule has 0 bridgehead atoms. The monoisotopic (exact) mass is 210 g/mol. The van der Waals surface area contributed by atoms with Crippen molar-refractivity contribution in [3.05, 3.63) is 69.5 Å². The summed E-state index contributed by atoms with van der Waals surface area (Å²) in [5.74, 6) is 0. The van der Waals surface area contributed by atoms with E-state index in [2.05, 4.69) is 60.1 Å². The second-order valence-corrected chi connectivity index (χ2v) is 4.49. The lowest BCUT2D eigenvalue weighted by Crippen LogP contribution is -1.82. The first kappa shape index (κ1) is 8.81. The Bertz CT molecular complexity index is 516. The molecule has 15 heavy (non-hydrogen) atoms. The topological polar surface area (TPSA) is 0 Å². The number of thioether (sulfide) groups is 1. The van der Waals surface area contributed by atoms with E-state index in [4.69, 9.17) is 0 Å². The molecule has 1 aromatic rings. The maximum Gasteiger partial charge on any atom is 0.0194 e. The molecular formula is C14H10S. The molecule has 1 aromatic carbocycles. The van der Waals surface area contributed by atoms with Crippen LogP contribution in [0.25, 0.3) is 12.2 Å². The minimum absolute atomic E-state index is 1.29. The van der Waals surface area contributed by atoms with Crippen LogP contribution in [0.2, 0.25) is 0 Å².